The van der Waals surface area contributed by atoms with Gasteiger partial charge >= 0.3 is 6.18 Å². The van der Waals surface area contributed by atoms with Crippen LogP contribution in [0.4, 0.5) is 24.7 Å². The highest BCUT2D eigenvalue weighted by molar-refractivity contribution is 7.59. The van der Waals surface area contributed by atoms with Crippen molar-refractivity contribution in [2.24, 2.45) is 17.8 Å². The molecule has 2 aromatic rings. The van der Waals surface area contributed by atoms with E-state index < -0.39 is 12.0 Å². The van der Waals surface area contributed by atoms with Gasteiger partial charge in [-0.2, -0.15) is 26.7 Å². The molecule has 4 rings (SSSR count). The molecule has 12 heteroatoms. The van der Waals surface area contributed by atoms with E-state index in [0.29, 0.717) is 24.6 Å². The molecule has 8 nitrogen and oxygen atoms in total. The van der Waals surface area contributed by atoms with E-state index in [4.69, 9.17) is 4.98 Å². The SMILES string of the molecule is C.C.Cc1nc(CC2CC(Cn3cnc(C(F)(F)F)n3)C2)nc2c1NC(=O)[C@H](C(C)C)N2C.S. The first-order valence-electron chi connectivity index (χ1n) is 10.4. The number of hydrogen-bond acceptors (Lipinski definition) is 6. The molecular weight excluding hydrogens is 467 g/mol. The maximum Gasteiger partial charge on any atom is 0.453 e. The smallest absolute Gasteiger partial charge is 0.346 e. The van der Waals surface area contributed by atoms with Crippen molar-refractivity contribution >= 4 is 30.9 Å². The number of likely N-dealkylation sites (N-methyl/N-ethyl adjacent to an activating group) is 1. The Morgan fingerprint density at radius 2 is 1.82 bits per heavy atom. The lowest BCUT2D eigenvalue weighted by Gasteiger charge is -2.38. The van der Waals surface area contributed by atoms with Crippen molar-refractivity contribution in [1.29, 1.82) is 0 Å². The number of rotatable bonds is 5. The van der Waals surface area contributed by atoms with Crippen LogP contribution in [0.1, 0.15) is 58.9 Å². The number of aromatic nitrogens is 5. The van der Waals surface area contributed by atoms with Gasteiger partial charge in [0.2, 0.25) is 5.91 Å². The van der Waals surface area contributed by atoms with Crippen LogP contribution in [-0.4, -0.2) is 43.7 Å². The predicted molar refractivity (Wildman–Crippen MR) is 131 cm³/mol. The number of nitrogens with zero attached hydrogens (tertiary/aromatic N) is 6. The highest BCUT2D eigenvalue weighted by atomic mass is 32.1. The standard InChI is InChI=1S/C20H26F3N7O.2CH4.H2S/c1-10(2)16-18(31)27-15-11(3)25-14(26-17(15)29(16)4)7-12-5-13(6-12)8-30-9-24-19(28-30)20(21,22)23;;;/h9-10,12-13,16H,5-8H2,1-4H3,(H,27,31);2*1H4;1H2/t12?,13?,16-;;;/m0.../s1. The minimum Gasteiger partial charge on any atom is -0.346 e. The summed E-state index contributed by atoms with van der Waals surface area (Å²) in [5.74, 6) is 1.09. The third-order valence-electron chi connectivity index (χ3n) is 6.06. The van der Waals surface area contributed by atoms with Crippen LogP contribution in [0.5, 0.6) is 0 Å². The molecule has 1 N–H and O–H groups in total. The van der Waals surface area contributed by atoms with Crippen molar-refractivity contribution in [2.45, 2.75) is 73.6 Å². The number of alkyl halides is 3. The molecule has 192 valence electrons. The Bertz CT molecular complexity index is 989. The summed E-state index contributed by atoms with van der Waals surface area (Å²) in [6.45, 7) is 6.29. The lowest BCUT2D eigenvalue weighted by Crippen LogP contribution is -2.49. The highest BCUT2D eigenvalue weighted by Gasteiger charge is 2.38. The van der Waals surface area contributed by atoms with Gasteiger partial charge in [0, 0.05) is 20.0 Å². The normalized spacial score (nSPS) is 21.5. The van der Waals surface area contributed by atoms with E-state index in [1.165, 1.54) is 4.68 Å². The first kappa shape index (κ1) is 29.7. The molecule has 1 aliphatic heterocycles. The molecule has 0 radical (unpaired) electrons. The van der Waals surface area contributed by atoms with Crippen LogP contribution in [0.25, 0.3) is 0 Å². The van der Waals surface area contributed by atoms with Crippen LogP contribution in [0.2, 0.25) is 0 Å². The fourth-order valence-electron chi connectivity index (χ4n) is 4.59. The summed E-state index contributed by atoms with van der Waals surface area (Å²) in [4.78, 5) is 27.0. The fourth-order valence-corrected chi connectivity index (χ4v) is 4.59. The Morgan fingerprint density at radius 1 is 1.18 bits per heavy atom. The van der Waals surface area contributed by atoms with E-state index in [1.54, 1.807) is 0 Å². The molecule has 0 aromatic carbocycles. The van der Waals surface area contributed by atoms with Gasteiger partial charge in [0.1, 0.15) is 23.9 Å². The van der Waals surface area contributed by atoms with Crippen molar-refractivity contribution in [3.05, 3.63) is 23.7 Å². The lowest BCUT2D eigenvalue weighted by atomic mass is 9.73. The van der Waals surface area contributed by atoms with Crippen molar-refractivity contribution in [1.82, 2.24) is 24.7 Å². The van der Waals surface area contributed by atoms with Gasteiger partial charge in [-0.15, -0.1) is 5.10 Å². The molecule has 3 heterocycles. The van der Waals surface area contributed by atoms with Gasteiger partial charge in [-0.3, -0.25) is 9.48 Å². The molecule has 1 saturated carbocycles. The summed E-state index contributed by atoms with van der Waals surface area (Å²) < 4.78 is 39.2. The number of anilines is 2. The summed E-state index contributed by atoms with van der Waals surface area (Å²) >= 11 is 0. The summed E-state index contributed by atoms with van der Waals surface area (Å²) in [7, 11) is 1.88. The number of carbonyl (C=O) groups is 1. The van der Waals surface area contributed by atoms with Crippen LogP contribution in [0.3, 0.4) is 0 Å². The van der Waals surface area contributed by atoms with Gasteiger partial charge in [0.05, 0.1) is 5.69 Å². The Labute approximate surface area is 206 Å². The van der Waals surface area contributed by atoms with E-state index in [0.717, 1.165) is 36.5 Å². The molecule has 0 saturated heterocycles. The molecule has 2 aromatic heterocycles. The molecule has 1 fully saturated rings. The van der Waals surface area contributed by atoms with E-state index in [1.807, 2.05) is 32.7 Å². The number of aryl methyl sites for hydroxylation is 1. The minimum atomic E-state index is -4.52. The number of fused-ring (bicyclic) bond motifs is 1. The van der Waals surface area contributed by atoms with Crippen LogP contribution in [-0.2, 0) is 23.9 Å². The Hall–Kier alpha value is -2.37. The summed E-state index contributed by atoms with van der Waals surface area (Å²) in [6, 6.07) is -0.285. The van der Waals surface area contributed by atoms with Crippen LogP contribution < -0.4 is 10.2 Å². The van der Waals surface area contributed by atoms with Gasteiger partial charge in [0.15, 0.2) is 5.82 Å². The summed E-state index contributed by atoms with van der Waals surface area (Å²) in [5, 5.41) is 6.47. The largest absolute Gasteiger partial charge is 0.453 e. The third kappa shape index (κ3) is 5.81. The average Bonchev–Trinajstić information content (AvgIpc) is 3.10. The van der Waals surface area contributed by atoms with Gasteiger partial charge in [-0.05, 0) is 37.5 Å². The zero-order valence-corrected chi connectivity index (χ0v) is 19.4. The fraction of sp³-hybridized carbons (Fsp3) is 0.682. The lowest BCUT2D eigenvalue weighted by molar-refractivity contribution is -0.145. The average molecular weight is 504 g/mol. The molecular formula is C22H36F3N7OS. The number of amides is 1. The highest BCUT2D eigenvalue weighted by Crippen LogP contribution is 2.38. The van der Waals surface area contributed by atoms with Crippen LogP contribution >= 0.6 is 13.5 Å². The second-order valence-corrected chi connectivity index (χ2v) is 8.91. The van der Waals surface area contributed by atoms with Crippen LogP contribution in [0.15, 0.2) is 6.33 Å². The number of hydrogen-bond donors (Lipinski definition) is 1. The number of nitrogens with one attached hydrogen (secondary N) is 1. The van der Waals surface area contributed by atoms with E-state index in [9.17, 15) is 18.0 Å². The molecule has 0 spiro atoms. The quantitative estimate of drug-likeness (QED) is 0.648. The first-order valence-corrected chi connectivity index (χ1v) is 10.4. The van der Waals surface area contributed by atoms with Gasteiger partial charge in [-0.1, -0.05) is 28.7 Å². The van der Waals surface area contributed by atoms with E-state index in [-0.39, 0.29) is 52.1 Å². The van der Waals surface area contributed by atoms with Gasteiger partial charge in [0.25, 0.3) is 5.82 Å². The monoisotopic (exact) mass is 503 g/mol. The van der Waals surface area contributed by atoms with Crippen molar-refractivity contribution < 1.29 is 18.0 Å². The summed E-state index contributed by atoms with van der Waals surface area (Å²) in [5.41, 5.74) is 1.40. The molecule has 0 unspecified atom stereocenters. The zero-order valence-electron chi connectivity index (χ0n) is 18.4. The molecule has 1 atom stereocenters. The topological polar surface area (TPSA) is 88.8 Å². The van der Waals surface area contributed by atoms with E-state index in [2.05, 4.69) is 20.4 Å². The molecule has 1 amide bonds. The maximum atomic E-state index is 12.6. The van der Waals surface area contributed by atoms with Crippen molar-refractivity contribution in [2.75, 3.05) is 17.3 Å². The molecule has 0 bridgehead atoms. The van der Waals surface area contributed by atoms with Crippen LogP contribution in [0, 0.1) is 24.7 Å². The minimum absolute atomic E-state index is 0. The van der Waals surface area contributed by atoms with Crippen molar-refractivity contribution in [3.8, 4) is 0 Å². The second kappa shape index (κ2) is 10.9. The third-order valence-corrected chi connectivity index (χ3v) is 6.06. The first-order chi connectivity index (χ1) is 14.5. The summed E-state index contributed by atoms with van der Waals surface area (Å²) in [6.07, 6.45) is -0.925. The second-order valence-electron chi connectivity index (χ2n) is 8.91. The number of halogens is 3. The predicted octanol–water partition coefficient (Wildman–Crippen LogP) is 4.46. The van der Waals surface area contributed by atoms with Crippen molar-refractivity contribution in [3.63, 3.8) is 0 Å². The maximum absolute atomic E-state index is 12.6. The molecule has 34 heavy (non-hydrogen) atoms. The number of carbonyl (C=O) groups excluding carboxylic acids is 1. The molecule has 1 aliphatic carbocycles. The zero-order chi connectivity index (χ0) is 22.5. The van der Waals surface area contributed by atoms with Gasteiger partial charge in [-0.25, -0.2) is 15.0 Å². The molecule has 2 aliphatic rings. The Balaban J connectivity index is 0.00000193. The Morgan fingerprint density at radius 3 is 2.38 bits per heavy atom. The Kier molecular flexibility index (Phi) is 9.52. The van der Waals surface area contributed by atoms with Gasteiger partial charge < -0.3 is 10.2 Å². The van der Waals surface area contributed by atoms with E-state index >= 15 is 0 Å².